The van der Waals surface area contributed by atoms with E-state index >= 15 is 0 Å². The lowest BCUT2D eigenvalue weighted by molar-refractivity contribution is 0.288. The predicted octanol–water partition coefficient (Wildman–Crippen LogP) is 3.68. The highest BCUT2D eigenvalue weighted by atomic mass is 32.2. The van der Waals surface area contributed by atoms with Gasteiger partial charge in [-0.25, -0.2) is 8.42 Å². The van der Waals surface area contributed by atoms with Crippen LogP contribution in [0, 0.1) is 5.92 Å². The average molecular weight is 394 g/mol. The van der Waals surface area contributed by atoms with Gasteiger partial charge < -0.3 is 9.26 Å². The zero-order valence-electron chi connectivity index (χ0n) is 16.3. The first kappa shape index (κ1) is 19.8. The van der Waals surface area contributed by atoms with Crippen LogP contribution in [0.1, 0.15) is 52.3 Å². The fourth-order valence-electron chi connectivity index (χ4n) is 3.07. The second-order valence-electron chi connectivity index (χ2n) is 7.29. The zero-order chi connectivity index (χ0) is 19.6. The molecule has 2 heterocycles. The molecule has 0 atom stereocenters. The van der Waals surface area contributed by atoms with Crippen molar-refractivity contribution in [1.82, 2.24) is 14.4 Å². The first-order chi connectivity index (χ1) is 12.8. The molecule has 1 fully saturated rings. The van der Waals surface area contributed by atoms with Crippen LogP contribution in [-0.4, -0.2) is 42.6 Å². The highest BCUT2D eigenvalue weighted by molar-refractivity contribution is 7.89. The van der Waals surface area contributed by atoms with E-state index in [-0.39, 0.29) is 16.7 Å². The first-order valence-corrected chi connectivity index (χ1v) is 10.9. The number of hydrogen-bond donors (Lipinski definition) is 0. The molecular formula is C19H27N3O4S. The van der Waals surface area contributed by atoms with Crippen molar-refractivity contribution in [2.45, 2.75) is 51.3 Å². The first-order valence-electron chi connectivity index (χ1n) is 9.44. The number of piperidine rings is 1. The van der Waals surface area contributed by atoms with Gasteiger partial charge in [0.15, 0.2) is 5.82 Å². The lowest BCUT2D eigenvalue weighted by Crippen LogP contribution is -2.37. The van der Waals surface area contributed by atoms with Crippen LogP contribution in [0.2, 0.25) is 0 Å². The van der Waals surface area contributed by atoms with Gasteiger partial charge in [0.1, 0.15) is 5.75 Å². The summed E-state index contributed by atoms with van der Waals surface area (Å²) in [5.41, 5.74) is 0.503. The minimum Gasteiger partial charge on any atom is -0.493 e. The van der Waals surface area contributed by atoms with Crippen molar-refractivity contribution in [1.29, 1.82) is 0 Å². The SMILES string of the molecule is CCOc1ccc(S(=O)(=O)N2CCC(C)CC2)cc1-c1nc(C(C)C)no1. The zero-order valence-corrected chi connectivity index (χ0v) is 17.1. The molecule has 1 aromatic heterocycles. The summed E-state index contributed by atoms with van der Waals surface area (Å²) in [7, 11) is -3.57. The second kappa shape index (κ2) is 7.98. The molecule has 2 aromatic rings. The normalized spacial score (nSPS) is 16.8. The van der Waals surface area contributed by atoms with Crippen LogP contribution in [-0.2, 0) is 10.0 Å². The van der Waals surface area contributed by atoms with Gasteiger partial charge in [0.2, 0.25) is 10.0 Å². The van der Waals surface area contributed by atoms with Gasteiger partial charge in [-0.3, -0.25) is 0 Å². The molecule has 0 aliphatic carbocycles. The summed E-state index contributed by atoms with van der Waals surface area (Å²) in [6.07, 6.45) is 1.76. The molecule has 7 nitrogen and oxygen atoms in total. The van der Waals surface area contributed by atoms with Crippen LogP contribution < -0.4 is 4.74 Å². The van der Waals surface area contributed by atoms with E-state index in [1.807, 2.05) is 20.8 Å². The molecule has 0 amide bonds. The van der Waals surface area contributed by atoms with E-state index in [0.29, 0.717) is 42.8 Å². The molecule has 0 unspecified atom stereocenters. The van der Waals surface area contributed by atoms with E-state index in [0.717, 1.165) is 12.8 Å². The summed E-state index contributed by atoms with van der Waals surface area (Å²) >= 11 is 0. The van der Waals surface area contributed by atoms with Crippen LogP contribution in [0.5, 0.6) is 5.75 Å². The molecule has 0 saturated carbocycles. The molecule has 1 aromatic carbocycles. The van der Waals surface area contributed by atoms with E-state index in [1.165, 1.54) is 0 Å². The van der Waals surface area contributed by atoms with Gasteiger partial charge in [0.25, 0.3) is 5.89 Å². The van der Waals surface area contributed by atoms with Crippen molar-refractivity contribution >= 4 is 10.0 Å². The van der Waals surface area contributed by atoms with Crippen molar-refractivity contribution in [2.24, 2.45) is 5.92 Å². The molecule has 8 heteroatoms. The van der Waals surface area contributed by atoms with Crippen LogP contribution in [0.25, 0.3) is 11.5 Å². The fourth-order valence-corrected chi connectivity index (χ4v) is 4.57. The predicted molar refractivity (Wildman–Crippen MR) is 102 cm³/mol. The van der Waals surface area contributed by atoms with Crippen LogP contribution in [0.3, 0.4) is 0 Å². The number of hydrogen-bond acceptors (Lipinski definition) is 6. The lowest BCUT2D eigenvalue weighted by atomic mass is 10.0. The van der Waals surface area contributed by atoms with Crippen LogP contribution in [0.15, 0.2) is 27.6 Å². The smallest absolute Gasteiger partial charge is 0.261 e. The van der Waals surface area contributed by atoms with E-state index in [9.17, 15) is 8.42 Å². The third kappa shape index (κ3) is 4.16. The molecule has 0 bridgehead atoms. The minimum absolute atomic E-state index is 0.111. The topological polar surface area (TPSA) is 85.5 Å². The van der Waals surface area contributed by atoms with Crippen molar-refractivity contribution in [3.63, 3.8) is 0 Å². The Morgan fingerprint density at radius 3 is 2.59 bits per heavy atom. The van der Waals surface area contributed by atoms with Gasteiger partial charge in [0, 0.05) is 19.0 Å². The molecule has 0 N–H and O–H groups in total. The average Bonchev–Trinajstić information content (AvgIpc) is 3.13. The number of nitrogens with zero attached hydrogens (tertiary/aromatic N) is 3. The van der Waals surface area contributed by atoms with Crippen LogP contribution >= 0.6 is 0 Å². The van der Waals surface area contributed by atoms with Crippen molar-refractivity contribution < 1.29 is 17.7 Å². The maximum absolute atomic E-state index is 13.1. The molecule has 3 rings (SSSR count). The van der Waals surface area contributed by atoms with Gasteiger partial charge in [-0.1, -0.05) is 25.9 Å². The quantitative estimate of drug-likeness (QED) is 0.744. The summed E-state index contributed by atoms with van der Waals surface area (Å²) in [6, 6.07) is 4.83. The van der Waals surface area contributed by atoms with E-state index < -0.39 is 10.0 Å². The van der Waals surface area contributed by atoms with Crippen molar-refractivity contribution in [3.05, 3.63) is 24.0 Å². The number of sulfonamides is 1. The molecule has 1 aliphatic rings. The summed E-state index contributed by atoms with van der Waals surface area (Å²) in [4.78, 5) is 4.62. The highest BCUT2D eigenvalue weighted by Crippen LogP contribution is 2.34. The second-order valence-corrected chi connectivity index (χ2v) is 9.23. The molecule has 148 valence electrons. The van der Waals surface area contributed by atoms with Gasteiger partial charge in [0.05, 0.1) is 17.1 Å². The highest BCUT2D eigenvalue weighted by Gasteiger charge is 2.29. The van der Waals surface area contributed by atoms with Crippen LogP contribution in [0.4, 0.5) is 0 Å². The Labute approximate surface area is 160 Å². The number of benzene rings is 1. The van der Waals surface area contributed by atoms with E-state index in [2.05, 4.69) is 17.1 Å². The summed E-state index contributed by atoms with van der Waals surface area (Å²) in [6.45, 7) is 9.51. The monoisotopic (exact) mass is 393 g/mol. The standard InChI is InChI=1S/C19H27N3O4S/c1-5-25-17-7-6-15(27(23,24)22-10-8-14(4)9-11-22)12-16(17)19-20-18(13(2)3)21-26-19/h6-7,12-14H,5,8-11H2,1-4H3. The Hall–Kier alpha value is -1.93. The Kier molecular flexibility index (Phi) is 5.86. The number of rotatable bonds is 6. The molecule has 0 spiro atoms. The summed E-state index contributed by atoms with van der Waals surface area (Å²) < 4.78 is 38.7. The molecule has 1 aliphatic heterocycles. The van der Waals surface area contributed by atoms with Crippen molar-refractivity contribution in [2.75, 3.05) is 19.7 Å². The maximum Gasteiger partial charge on any atom is 0.261 e. The Balaban J connectivity index is 2.00. The van der Waals surface area contributed by atoms with Crippen molar-refractivity contribution in [3.8, 4) is 17.2 Å². The Morgan fingerprint density at radius 2 is 2.00 bits per heavy atom. The van der Waals surface area contributed by atoms with Gasteiger partial charge in [-0.15, -0.1) is 0 Å². The van der Waals surface area contributed by atoms with E-state index in [4.69, 9.17) is 9.26 Å². The fraction of sp³-hybridized carbons (Fsp3) is 0.579. The Morgan fingerprint density at radius 1 is 1.30 bits per heavy atom. The maximum atomic E-state index is 13.1. The molecule has 27 heavy (non-hydrogen) atoms. The summed E-state index contributed by atoms with van der Waals surface area (Å²) in [5, 5.41) is 3.98. The molecular weight excluding hydrogens is 366 g/mol. The third-order valence-corrected chi connectivity index (χ3v) is 6.71. The summed E-state index contributed by atoms with van der Waals surface area (Å²) in [5.74, 6) is 2.04. The Bertz CT molecular complexity index is 884. The largest absolute Gasteiger partial charge is 0.493 e. The molecule has 1 saturated heterocycles. The van der Waals surface area contributed by atoms with Gasteiger partial charge >= 0.3 is 0 Å². The van der Waals surface area contributed by atoms with Gasteiger partial charge in [-0.2, -0.15) is 9.29 Å². The molecule has 0 radical (unpaired) electrons. The third-order valence-electron chi connectivity index (χ3n) is 4.82. The van der Waals surface area contributed by atoms with Gasteiger partial charge in [-0.05, 0) is 43.9 Å². The van der Waals surface area contributed by atoms with E-state index in [1.54, 1.807) is 22.5 Å². The minimum atomic E-state index is -3.57. The lowest BCUT2D eigenvalue weighted by Gasteiger charge is -2.29. The number of aromatic nitrogens is 2. The number of ether oxygens (including phenoxy) is 1.